The fraction of sp³-hybridized carbons (Fsp3) is 0.435. The molecule has 10 heteroatoms. The predicted molar refractivity (Wildman–Crippen MR) is 134 cm³/mol. The van der Waals surface area contributed by atoms with Gasteiger partial charge in [-0.05, 0) is 25.8 Å². The van der Waals surface area contributed by atoms with Crippen molar-refractivity contribution < 1.29 is 19.0 Å². The van der Waals surface area contributed by atoms with Gasteiger partial charge >= 0.3 is 0 Å². The van der Waals surface area contributed by atoms with Gasteiger partial charge in [-0.1, -0.05) is 25.1 Å². The second-order valence-corrected chi connectivity index (χ2v) is 9.56. The van der Waals surface area contributed by atoms with Crippen LogP contribution in [0.25, 0.3) is 10.2 Å². The number of nitrogens with one attached hydrogen (secondary N) is 1. The van der Waals surface area contributed by atoms with Gasteiger partial charge in [0.05, 0.1) is 32.5 Å². The van der Waals surface area contributed by atoms with Gasteiger partial charge in [0.2, 0.25) is 11.7 Å². The van der Waals surface area contributed by atoms with E-state index in [0.717, 1.165) is 28.1 Å². The third-order valence-corrected chi connectivity index (χ3v) is 7.35. The van der Waals surface area contributed by atoms with Crippen molar-refractivity contribution in [1.82, 2.24) is 9.55 Å². The molecule has 0 radical (unpaired) electrons. The molecular formula is C23H29N3O5S2. The van der Waals surface area contributed by atoms with Gasteiger partial charge in [0.1, 0.15) is 4.83 Å². The highest BCUT2D eigenvalue weighted by molar-refractivity contribution is 7.99. The number of thiophene rings is 1. The maximum absolute atomic E-state index is 13.2. The summed E-state index contributed by atoms with van der Waals surface area (Å²) in [6.45, 7) is 6.60. The Morgan fingerprint density at radius 3 is 2.39 bits per heavy atom. The van der Waals surface area contributed by atoms with Crippen LogP contribution in [0.15, 0.2) is 22.1 Å². The lowest BCUT2D eigenvalue weighted by Crippen LogP contribution is -2.24. The Labute approximate surface area is 201 Å². The summed E-state index contributed by atoms with van der Waals surface area (Å²) >= 11 is 2.77. The molecule has 0 spiro atoms. The predicted octanol–water partition coefficient (Wildman–Crippen LogP) is 4.63. The third kappa shape index (κ3) is 5.27. The maximum atomic E-state index is 13.2. The monoisotopic (exact) mass is 491 g/mol. The number of carbonyl (C=O) groups excluding carboxylic acids is 1. The van der Waals surface area contributed by atoms with Crippen molar-refractivity contribution in [2.45, 2.75) is 45.3 Å². The van der Waals surface area contributed by atoms with Crippen molar-refractivity contribution in [3.63, 3.8) is 0 Å². The molecule has 0 aliphatic rings. The van der Waals surface area contributed by atoms with Crippen LogP contribution < -0.4 is 25.1 Å². The molecule has 0 saturated heterocycles. The third-order valence-electron chi connectivity index (χ3n) is 5.27. The number of aromatic nitrogens is 2. The van der Waals surface area contributed by atoms with E-state index in [2.05, 4.69) is 12.2 Å². The van der Waals surface area contributed by atoms with E-state index in [-0.39, 0.29) is 17.2 Å². The number of methoxy groups -OCH3 is 3. The zero-order valence-corrected chi connectivity index (χ0v) is 21.4. The summed E-state index contributed by atoms with van der Waals surface area (Å²) in [5.41, 5.74) is 1.46. The lowest BCUT2D eigenvalue weighted by atomic mass is 10.2. The number of fused-ring (bicyclic) bond motifs is 1. The number of carbonyl (C=O) groups is 1. The van der Waals surface area contributed by atoms with Crippen LogP contribution >= 0.6 is 23.1 Å². The molecule has 8 nitrogen and oxygen atoms in total. The van der Waals surface area contributed by atoms with Gasteiger partial charge in [0.15, 0.2) is 16.7 Å². The number of anilines is 1. The number of rotatable bonds is 10. The Morgan fingerprint density at radius 1 is 1.15 bits per heavy atom. The van der Waals surface area contributed by atoms with E-state index in [1.807, 2.05) is 13.8 Å². The molecule has 0 aliphatic heterocycles. The van der Waals surface area contributed by atoms with E-state index in [9.17, 15) is 9.59 Å². The molecule has 178 valence electrons. The molecule has 0 bridgehead atoms. The molecule has 0 atom stereocenters. The first kappa shape index (κ1) is 24.9. The smallest absolute Gasteiger partial charge is 0.263 e. The SMILES string of the molecule is CCCCn1c(SCC(=O)Nc2cc(OC)c(OC)c(OC)c2)nc2sc(C)c(C)c2c1=O. The average molecular weight is 492 g/mol. The van der Waals surface area contributed by atoms with Crippen molar-refractivity contribution in [2.75, 3.05) is 32.4 Å². The summed E-state index contributed by atoms with van der Waals surface area (Å²) in [5.74, 6) is 1.22. The van der Waals surface area contributed by atoms with E-state index in [4.69, 9.17) is 19.2 Å². The quantitative estimate of drug-likeness (QED) is 0.326. The summed E-state index contributed by atoms with van der Waals surface area (Å²) in [6, 6.07) is 3.34. The number of thioether (sulfide) groups is 1. The van der Waals surface area contributed by atoms with Crippen LogP contribution in [0, 0.1) is 13.8 Å². The van der Waals surface area contributed by atoms with Crippen LogP contribution in [-0.4, -0.2) is 42.5 Å². The van der Waals surface area contributed by atoms with Gasteiger partial charge in [-0.2, -0.15) is 0 Å². The number of ether oxygens (including phenoxy) is 3. The Hall–Kier alpha value is -2.72. The Morgan fingerprint density at radius 2 is 1.82 bits per heavy atom. The first-order chi connectivity index (χ1) is 15.8. The van der Waals surface area contributed by atoms with Crippen molar-refractivity contribution in [3.05, 3.63) is 32.9 Å². The molecule has 1 aromatic carbocycles. The number of aryl methyl sites for hydroxylation is 2. The number of hydrogen-bond acceptors (Lipinski definition) is 8. The second-order valence-electron chi connectivity index (χ2n) is 7.42. The summed E-state index contributed by atoms with van der Waals surface area (Å²) < 4.78 is 17.7. The molecule has 0 unspecified atom stereocenters. The summed E-state index contributed by atoms with van der Waals surface area (Å²) in [4.78, 5) is 32.5. The van der Waals surface area contributed by atoms with Gasteiger partial charge in [0, 0.05) is 29.2 Å². The molecule has 3 rings (SSSR count). The van der Waals surface area contributed by atoms with E-state index < -0.39 is 0 Å². The van der Waals surface area contributed by atoms with Crippen molar-refractivity contribution in [2.24, 2.45) is 0 Å². The molecule has 0 fully saturated rings. The largest absolute Gasteiger partial charge is 0.493 e. The molecule has 1 N–H and O–H groups in total. The Balaban J connectivity index is 1.84. The molecule has 0 saturated carbocycles. The van der Waals surface area contributed by atoms with Gasteiger partial charge < -0.3 is 19.5 Å². The fourth-order valence-corrected chi connectivity index (χ4v) is 5.31. The molecule has 1 amide bonds. The zero-order valence-electron chi connectivity index (χ0n) is 19.7. The van der Waals surface area contributed by atoms with Crippen LogP contribution in [0.1, 0.15) is 30.2 Å². The van der Waals surface area contributed by atoms with Crippen molar-refractivity contribution in [1.29, 1.82) is 0 Å². The van der Waals surface area contributed by atoms with E-state index >= 15 is 0 Å². The van der Waals surface area contributed by atoms with Crippen molar-refractivity contribution >= 4 is 44.9 Å². The maximum Gasteiger partial charge on any atom is 0.263 e. The minimum Gasteiger partial charge on any atom is -0.493 e. The van der Waals surface area contributed by atoms with Crippen LogP contribution in [0.4, 0.5) is 5.69 Å². The fourth-order valence-electron chi connectivity index (χ4n) is 3.41. The molecule has 3 aromatic rings. The topological polar surface area (TPSA) is 91.7 Å². The first-order valence-electron chi connectivity index (χ1n) is 10.6. The highest BCUT2D eigenvalue weighted by Gasteiger charge is 2.18. The molecular weight excluding hydrogens is 462 g/mol. The van der Waals surface area contributed by atoms with E-state index in [1.165, 1.54) is 44.4 Å². The zero-order chi connectivity index (χ0) is 24.1. The van der Waals surface area contributed by atoms with Gasteiger partial charge in [-0.15, -0.1) is 11.3 Å². The number of nitrogens with zero attached hydrogens (tertiary/aromatic N) is 2. The number of unbranched alkanes of at least 4 members (excludes halogenated alkanes) is 1. The van der Waals surface area contributed by atoms with E-state index in [0.29, 0.717) is 40.0 Å². The normalized spacial score (nSPS) is 11.0. The van der Waals surface area contributed by atoms with Crippen LogP contribution in [0.5, 0.6) is 17.2 Å². The van der Waals surface area contributed by atoms with Gasteiger partial charge in [-0.3, -0.25) is 14.2 Å². The number of benzene rings is 1. The molecule has 0 aliphatic carbocycles. The summed E-state index contributed by atoms with van der Waals surface area (Å²) in [5, 5.41) is 4.09. The lowest BCUT2D eigenvalue weighted by Gasteiger charge is -2.15. The lowest BCUT2D eigenvalue weighted by molar-refractivity contribution is -0.113. The minimum absolute atomic E-state index is 0.0390. The highest BCUT2D eigenvalue weighted by atomic mass is 32.2. The van der Waals surface area contributed by atoms with Crippen LogP contribution in [0.3, 0.4) is 0 Å². The summed E-state index contributed by atoms with van der Waals surface area (Å²) in [6.07, 6.45) is 1.82. The van der Waals surface area contributed by atoms with Gasteiger partial charge in [-0.25, -0.2) is 4.98 Å². The van der Waals surface area contributed by atoms with Gasteiger partial charge in [0.25, 0.3) is 5.56 Å². The van der Waals surface area contributed by atoms with Crippen LogP contribution in [0.2, 0.25) is 0 Å². The highest BCUT2D eigenvalue weighted by Crippen LogP contribution is 2.40. The van der Waals surface area contributed by atoms with Crippen LogP contribution in [-0.2, 0) is 11.3 Å². The number of amides is 1. The van der Waals surface area contributed by atoms with E-state index in [1.54, 1.807) is 16.7 Å². The molecule has 2 aromatic heterocycles. The summed E-state index contributed by atoms with van der Waals surface area (Å²) in [7, 11) is 4.56. The average Bonchev–Trinajstić information content (AvgIpc) is 3.09. The second kappa shape index (κ2) is 10.9. The van der Waals surface area contributed by atoms with Crippen molar-refractivity contribution in [3.8, 4) is 17.2 Å². The molecule has 33 heavy (non-hydrogen) atoms. The Bertz CT molecular complexity index is 1190. The minimum atomic E-state index is -0.232. The number of hydrogen-bond donors (Lipinski definition) is 1. The standard InChI is InChI=1S/C23H29N3O5S2/c1-7-8-9-26-22(28)19-13(2)14(3)33-21(19)25-23(26)32-12-18(27)24-15-10-16(29-4)20(31-6)17(11-15)30-5/h10-11H,7-9,12H2,1-6H3,(H,24,27). The first-order valence-corrected chi connectivity index (χ1v) is 12.4. The Kier molecular flexibility index (Phi) is 8.25. The molecule has 2 heterocycles.